The van der Waals surface area contributed by atoms with Crippen LogP contribution < -0.4 is 0 Å². The first-order valence-corrected chi connectivity index (χ1v) is 6.95. The van der Waals surface area contributed by atoms with Crippen molar-refractivity contribution in [3.63, 3.8) is 0 Å². The monoisotopic (exact) mass is 257 g/mol. The molecule has 0 radical (unpaired) electrons. The third kappa shape index (κ3) is 3.79. The van der Waals surface area contributed by atoms with Crippen molar-refractivity contribution < 1.29 is 0 Å². The van der Waals surface area contributed by atoms with Crippen molar-refractivity contribution in [1.82, 2.24) is 9.80 Å². The van der Waals surface area contributed by atoms with Crippen LogP contribution in [0.1, 0.15) is 23.1 Å². The molecule has 0 aliphatic carbocycles. The predicted molar refractivity (Wildman–Crippen MR) is 77.8 cm³/mol. The lowest BCUT2D eigenvalue weighted by Crippen LogP contribution is -2.27. The molecule has 1 aliphatic rings. The van der Waals surface area contributed by atoms with Crippen LogP contribution in [0.4, 0.5) is 0 Å². The van der Waals surface area contributed by atoms with Crippen molar-refractivity contribution in [3.05, 3.63) is 34.9 Å². The lowest BCUT2D eigenvalue weighted by atomic mass is 10.0. The first-order valence-electron chi connectivity index (χ1n) is 6.95. The molecular weight excluding hydrogens is 234 g/mol. The summed E-state index contributed by atoms with van der Waals surface area (Å²) in [6.07, 6.45) is 1.31. The predicted octanol–water partition coefficient (Wildman–Crippen LogP) is 2.25. The zero-order chi connectivity index (χ0) is 13.8. The van der Waals surface area contributed by atoms with E-state index in [1.165, 1.54) is 30.6 Å². The van der Waals surface area contributed by atoms with Crippen LogP contribution in [0.15, 0.2) is 18.2 Å². The second-order valence-electron chi connectivity index (χ2n) is 5.87. The molecule has 0 amide bonds. The maximum Gasteiger partial charge on any atom is 0.0991 e. The molecule has 0 aromatic heterocycles. The van der Waals surface area contributed by atoms with Gasteiger partial charge in [0, 0.05) is 19.6 Å². The average molecular weight is 257 g/mol. The van der Waals surface area contributed by atoms with Gasteiger partial charge in [-0.05, 0) is 63.2 Å². The summed E-state index contributed by atoms with van der Waals surface area (Å²) < 4.78 is 0. The molecule has 1 aromatic carbocycles. The molecule has 3 nitrogen and oxygen atoms in total. The molecule has 0 spiro atoms. The first kappa shape index (κ1) is 14.0. The van der Waals surface area contributed by atoms with E-state index in [-0.39, 0.29) is 0 Å². The molecule has 3 heteroatoms. The van der Waals surface area contributed by atoms with Gasteiger partial charge in [-0.1, -0.05) is 6.07 Å². The van der Waals surface area contributed by atoms with Gasteiger partial charge in [-0.15, -0.1) is 0 Å². The number of benzene rings is 1. The lowest BCUT2D eigenvalue weighted by Gasteiger charge is -2.21. The smallest absolute Gasteiger partial charge is 0.0991 e. The number of hydrogen-bond donors (Lipinski definition) is 0. The number of likely N-dealkylation sites (tertiary alicyclic amines) is 1. The number of nitrogens with zero attached hydrogens (tertiary/aromatic N) is 3. The van der Waals surface area contributed by atoms with Crippen molar-refractivity contribution >= 4 is 0 Å². The fourth-order valence-corrected chi connectivity index (χ4v) is 2.91. The van der Waals surface area contributed by atoms with E-state index in [2.05, 4.69) is 43.0 Å². The van der Waals surface area contributed by atoms with Crippen molar-refractivity contribution in [2.75, 3.05) is 33.7 Å². The van der Waals surface area contributed by atoms with Crippen LogP contribution in [0.2, 0.25) is 0 Å². The molecule has 1 saturated heterocycles. The summed E-state index contributed by atoms with van der Waals surface area (Å²) >= 11 is 0. The zero-order valence-corrected chi connectivity index (χ0v) is 12.2. The molecule has 19 heavy (non-hydrogen) atoms. The Labute approximate surface area is 116 Å². The molecule has 1 atom stereocenters. The number of aryl methyl sites for hydroxylation is 1. The highest BCUT2D eigenvalue weighted by atomic mass is 15.1. The number of rotatable bonds is 4. The van der Waals surface area contributed by atoms with Gasteiger partial charge in [0.2, 0.25) is 0 Å². The quantitative estimate of drug-likeness (QED) is 0.829. The molecule has 0 bridgehead atoms. The Bertz CT molecular complexity index is 475. The van der Waals surface area contributed by atoms with E-state index < -0.39 is 0 Å². The summed E-state index contributed by atoms with van der Waals surface area (Å²) in [5.41, 5.74) is 3.30. The number of hydrogen-bond acceptors (Lipinski definition) is 3. The van der Waals surface area contributed by atoms with E-state index in [9.17, 15) is 0 Å². The second-order valence-corrected chi connectivity index (χ2v) is 5.87. The average Bonchev–Trinajstić information content (AvgIpc) is 2.77. The topological polar surface area (TPSA) is 30.3 Å². The molecule has 0 saturated carbocycles. The lowest BCUT2D eigenvalue weighted by molar-refractivity contribution is 0.267. The minimum absolute atomic E-state index is 0.751. The summed E-state index contributed by atoms with van der Waals surface area (Å²) in [5.74, 6) is 0.800. The Morgan fingerprint density at radius 3 is 2.84 bits per heavy atom. The minimum atomic E-state index is 0.751. The molecule has 1 unspecified atom stereocenters. The summed E-state index contributed by atoms with van der Waals surface area (Å²) in [7, 11) is 4.39. The van der Waals surface area contributed by atoms with Crippen molar-refractivity contribution in [1.29, 1.82) is 5.26 Å². The maximum absolute atomic E-state index is 8.88. The van der Waals surface area contributed by atoms with Crippen LogP contribution in [-0.2, 0) is 6.54 Å². The van der Waals surface area contributed by atoms with Gasteiger partial charge in [-0.3, -0.25) is 0 Å². The van der Waals surface area contributed by atoms with Gasteiger partial charge in [0.15, 0.2) is 0 Å². The van der Waals surface area contributed by atoms with Crippen LogP contribution in [0, 0.1) is 24.2 Å². The van der Waals surface area contributed by atoms with E-state index in [1.54, 1.807) is 0 Å². The molecule has 1 heterocycles. The van der Waals surface area contributed by atoms with Gasteiger partial charge in [0.05, 0.1) is 11.6 Å². The standard InChI is InChI=1S/C16H23N3/c1-13-8-14(9-17)4-5-16(13)12-19(3)11-15-6-7-18(2)10-15/h4-5,8,15H,6-7,10-12H2,1-3H3. The van der Waals surface area contributed by atoms with Gasteiger partial charge < -0.3 is 9.80 Å². The Morgan fingerprint density at radius 2 is 2.26 bits per heavy atom. The van der Waals surface area contributed by atoms with E-state index in [0.29, 0.717) is 0 Å². The van der Waals surface area contributed by atoms with Gasteiger partial charge >= 0.3 is 0 Å². The normalized spacial score (nSPS) is 19.8. The molecule has 2 rings (SSSR count). The van der Waals surface area contributed by atoms with Crippen molar-refractivity contribution in [2.24, 2.45) is 5.92 Å². The van der Waals surface area contributed by atoms with Crippen molar-refractivity contribution in [3.8, 4) is 6.07 Å². The minimum Gasteiger partial charge on any atom is -0.306 e. The fourth-order valence-electron chi connectivity index (χ4n) is 2.91. The molecule has 1 fully saturated rings. The molecule has 102 valence electrons. The van der Waals surface area contributed by atoms with E-state index in [1.807, 2.05) is 12.1 Å². The van der Waals surface area contributed by atoms with Gasteiger partial charge in [-0.2, -0.15) is 5.26 Å². The van der Waals surface area contributed by atoms with Crippen LogP contribution in [0.25, 0.3) is 0 Å². The van der Waals surface area contributed by atoms with Gasteiger partial charge in [0.25, 0.3) is 0 Å². The highest BCUT2D eigenvalue weighted by Gasteiger charge is 2.20. The maximum atomic E-state index is 8.88. The molecular formula is C16H23N3. The Balaban J connectivity index is 1.92. The first-order chi connectivity index (χ1) is 9.08. The molecule has 1 aromatic rings. The van der Waals surface area contributed by atoms with E-state index >= 15 is 0 Å². The SMILES string of the molecule is Cc1cc(C#N)ccc1CN(C)CC1CCN(C)C1. The van der Waals surface area contributed by atoms with E-state index in [4.69, 9.17) is 5.26 Å². The van der Waals surface area contributed by atoms with Crippen molar-refractivity contribution in [2.45, 2.75) is 19.9 Å². The van der Waals surface area contributed by atoms with Crippen LogP contribution in [-0.4, -0.2) is 43.5 Å². The Morgan fingerprint density at radius 1 is 1.47 bits per heavy atom. The van der Waals surface area contributed by atoms with Crippen LogP contribution in [0.3, 0.4) is 0 Å². The Hall–Kier alpha value is -1.37. The van der Waals surface area contributed by atoms with E-state index in [0.717, 1.165) is 24.6 Å². The molecule has 1 aliphatic heterocycles. The third-order valence-electron chi connectivity index (χ3n) is 3.97. The largest absolute Gasteiger partial charge is 0.306 e. The van der Waals surface area contributed by atoms with Gasteiger partial charge in [-0.25, -0.2) is 0 Å². The summed E-state index contributed by atoms with van der Waals surface area (Å²) in [4.78, 5) is 4.81. The molecule has 0 N–H and O–H groups in total. The zero-order valence-electron chi connectivity index (χ0n) is 12.2. The van der Waals surface area contributed by atoms with Gasteiger partial charge in [0.1, 0.15) is 0 Å². The third-order valence-corrected chi connectivity index (χ3v) is 3.97. The summed E-state index contributed by atoms with van der Waals surface area (Å²) in [5, 5.41) is 8.88. The van der Waals surface area contributed by atoms with Crippen LogP contribution >= 0.6 is 0 Å². The highest BCUT2D eigenvalue weighted by Crippen LogP contribution is 2.17. The highest BCUT2D eigenvalue weighted by molar-refractivity contribution is 5.37. The Kier molecular flexibility index (Phi) is 4.57. The second kappa shape index (κ2) is 6.18. The summed E-state index contributed by atoms with van der Waals surface area (Å²) in [6.45, 7) is 6.67. The summed E-state index contributed by atoms with van der Waals surface area (Å²) in [6, 6.07) is 8.18. The number of nitriles is 1. The van der Waals surface area contributed by atoms with Crippen LogP contribution in [0.5, 0.6) is 0 Å². The fraction of sp³-hybridized carbons (Fsp3) is 0.562.